The van der Waals surface area contributed by atoms with Gasteiger partial charge in [0.2, 0.25) is 0 Å². The van der Waals surface area contributed by atoms with Crippen molar-refractivity contribution >= 4 is 11.8 Å². The van der Waals surface area contributed by atoms with E-state index in [0.717, 1.165) is 17.1 Å². The molecule has 0 aliphatic heterocycles. The average Bonchev–Trinajstić information content (AvgIpc) is 2.36. The summed E-state index contributed by atoms with van der Waals surface area (Å²) in [6, 6.07) is 4.19. The van der Waals surface area contributed by atoms with Crippen molar-refractivity contribution in [2.24, 2.45) is 0 Å². The molecule has 0 spiro atoms. The van der Waals surface area contributed by atoms with Gasteiger partial charge in [-0.1, -0.05) is 13.0 Å². The molecular formula is C12H20N2O2S. The Morgan fingerprint density at radius 1 is 1.53 bits per heavy atom. The maximum Gasteiger partial charge on any atom is 0.101 e. The van der Waals surface area contributed by atoms with Crippen LogP contribution in [0.15, 0.2) is 23.4 Å². The van der Waals surface area contributed by atoms with Gasteiger partial charge in [-0.3, -0.25) is 0 Å². The van der Waals surface area contributed by atoms with E-state index in [4.69, 9.17) is 5.11 Å². The molecule has 1 aromatic heterocycles. The lowest BCUT2D eigenvalue weighted by molar-refractivity contribution is 0.113. The molecule has 1 aromatic rings. The number of rotatable bonds is 7. The molecule has 0 saturated carbocycles. The van der Waals surface area contributed by atoms with Gasteiger partial charge in [-0.25, -0.2) is 4.98 Å². The molecule has 2 unspecified atom stereocenters. The lowest BCUT2D eigenvalue weighted by atomic mass is 10.1. The van der Waals surface area contributed by atoms with Crippen LogP contribution in [-0.2, 0) is 0 Å². The van der Waals surface area contributed by atoms with Gasteiger partial charge in [0.15, 0.2) is 0 Å². The quantitative estimate of drug-likeness (QED) is 0.640. The Hall–Kier alpha value is -0.620. The minimum atomic E-state index is -0.690. The summed E-state index contributed by atoms with van der Waals surface area (Å²) in [6.07, 6.45) is 1.06. The Morgan fingerprint density at radius 3 is 2.94 bits per heavy atom. The van der Waals surface area contributed by atoms with E-state index in [-0.39, 0.29) is 12.6 Å². The Morgan fingerprint density at radius 2 is 2.29 bits per heavy atom. The maximum absolute atomic E-state index is 9.34. The van der Waals surface area contributed by atoms with E-state index in [2.05, 4.69) is 24.1 Å². The number of aromatic nitrogens is 1. The van der Waals surface area contributed by atoms with Crippen molar-refractivity contribution in [1.82, 2.24) is 10.3 Å². The van der Waals surface area contributed by atoms with Crippen molar-refractivity contribution in [2.45, 2.75) is 31.0 Å². The molecule has 3 N–H and O–H groups in total. The summed E-state index contributed by atoms with van der Waals surface area (Å²) >= 11 is 1.47. The second-order valence-electron chi connectivity index (χ2n) is 3.82. The fourth-order valence-corrected chi connectivity index (χ4v) is 2.50. The van der Waals surface area contributed by atoms with Crippen LogP contribution < -0.4 is 5.32 Å². The van der Waals surface area contributed by atoms with Gasteiger partial charge in [0.05, 0.1) is 12.7 Å². The standard InChI is InChI=1S/C12H20N2O2S/c1-3-13-9(2)11-5-4-6-14-12(11)17-8-10(16)7-15/h4-6,9-10,13,15-16H,3,7-8H2,1-2H3. The van der Waals surface area contributed by atoms with Crippen LogP contribution in [0.25, 0.3) is 0 Å². The van der Waals surface area contributed by atoms with Crippen LogP contribution in [0.5, 0.6) is 0 Å². The smallest absolute Gasteiger partial charge is 0.101 e. The van der Waals surface area contributed by atoms with Crippen LogP contribution in [-0.4, -0.2) is 40.2 Å². The van der Waals surface area contributed by atoms with E-state index in [9.17, 15) is 5.11 Å². The molecule has 0 aromatic carbocycles. The first-order chi connectivity index (χ1) is 8.19. The van der Waals surface area contributed by atoms with Crippen LogP contribution >= 0.6 is 11.8 Å². The summed E-state index contributed by atoms with van der Waals surface area (Å²) in [5.41, 5.74) is 1.13. The third kappa shape index (κ3) is 4.63. The second-order valence-corrected chi connectivity index (χ2v) is 4.83. The third-order valence-corrected chi connectivity index (χ3v) is 3.57. The molecule has 0 aliphatic rings. The molecule has 0 radical (unpaired) electrons. The van der Waals surface area contributed by atoms with E-state index in [1.807, 2.05) is 12.1 Å². The molecule has 0 aliphatic carbocycles. The summed E-state index contributed by atoms with van der Waals surface area (Å²) in [5, 5.41) is 22.4. The molecule has 4 nitrogen and oxygen atoms in total. The Kier molecular flexibility index (Phi) is 6.50. The summed E-state index contributed by atoms with van der Waals surface area (Å²) < 4.78 is 0. The molecule has 0 saturated heterocycles. The lowest BCUT2D eigenvalue weighted by Crippen LogP contribution is -2.19. The zero-order chi connectivity index (χ0) is 12.7. The summed E-state index contributed by atoms with van der Waals surface area (Å²) in [7, 11) is 0. The van der Waals surface area contributed by atoms with Gasteiger partial charge >= 0.3 is 0 Å². The van der Waals surface area contributed by atoms with Gasteiger partial charge in [0.1, 0.15) is 5.03 Å². The molecule has 0 bridgehead atoms. The first kappa shape index (κ1) is 14.4. The Bertz CT molecular complexity index is 336. The van der Waals surface area contributed by atoms with Gasteiger partial charge in [-0.05, 0) is 19.5 Å². The largest absolute Gasteiger partial charge is 0.394 e. The minimum absolute atomic E-state index is 0.210. The van der Waals surface area contributed by atoms with Gasteiger partial charge in [0, 0.05) is 23.6 Å². The van der Waals surface area contributed by atoms with Crippen LogP contribution in [0.4, 0.5) is 0 Å². The van der Waals surface area contributed by atoms with Crippen molar-refractivity contribution < 1.29 is 10.2 Å². The minimum Gasteiger partial charge on any atom is -0.394 e. The highest BCUT2D eigenvalue weighted by molar-refractivity contribution is 7.99. The fraction of sp³-hybridized carbons (Fsp3) is 0.583. The van der Waals surface area contributed by atoms with E-state index in [1.165, 1.54) is 11.8 Å². The number of thioether (sulfide) groups is 1. The van der Waals surface area contributed by atoms with Gasteiger partial charge in [0.25, 0.3) is 0 Å². The maximum atomic E-state index is 9.34. The lowest BCUT2D eigenvalue weighted by Gasteiger charge is -2.16. The topological polar surface area (TPSA) is 65.4 Å². The first-order valence-corrected chi connectivity index (χ1v) is 6.77. The highest BCUT2D eigenvalue weighted by Gasteiger charge is 2.12. The number of hydrogen-bond donors (Lipinski definition) is 3. The van der Waals surface area contributed by atoms with Crippen molar-refractivity contribution in [2.75, 3.05) is 18.9 Å². The predicted molar refractivity (Wildman–Crippen MR) is 70.1 cm³/mol. The zero-order valence-corrected chi connectivity index (χ0v) is 11.1. The molecule has 2 atom stereocenters. The van der Waals surface area contributed by atoms with Crippen molar-refractivity contribution in [3.05, 3.63) is 23.9 Å². The highest BCUT2D eigenvalue weighted by Crippen LogP contribution is 2.25. The van der Waals surface area contributed by atoms with E-state index >= 15 is 0 Å². The predicted octanol–water partition coefficient (Wildman–Crippen LogP) is 1.20. The molecule has 0 amide bonds. The molecule has 0 fully saturated rings. The number of hydrogen-bond acceptors (Lipinski definition) is 5. The molecule has 5 heteroatoms. The first-order valence-electron chi connectivity index (χ1n) is 5.79. The van der Waals surface area contributed by atoms with Crippen molar-refractivity contribution in [3.8, 4) is 0 Å². The zero-order valence-electron chi connectivity index (χ0n) is 10.3. The van der Waals surface area contributed by atoms with Crippen LogP contribution in [0, 0.1) is 0 Å². The van der Waals surface area contributed by atoms with E-state index < -0.39 is 6.10 Å². The molecule has 17 heavy (non-hydrogen) atoms. The Labute approximate surface area is 106 Å². The number of aliphatic hydroxyl groups is 2. The fourth-order valence-electron chi connectivity index (χ4n) is 1.50. The number of pyridine rings is 1. The molecular weight excluding hydrogens is 236 g/mol. The molecule has 1 rings (SSSR count). The summed E-state index contributed by atoms with van der Waals surface area (Å²) in [4.78, 5) is 4.32. The highest BCUT2D eigenvalue weighted by atomic mass is 32.2. The van der Waals surface area contributed by atoms with Crippen LogP contribution in [0.1, 0.15) is 25.5 Å². The van der Waals surface area contributed by atoms with E-state index in [0.29, 0.717) is 5.75 Å². The Balaban J connectivity index is 2.70. The number of aliphatic hydroxyl groups excluding tert-OH is 2. The average molecular weight is 256 g/mol. The van der Waals surface area contributed by atoms with Crippen LogP contribution in [0.2, 0.25) is 0 Å². The molecule has 1 heterocycles. The normalized spacial score (nSPS) is 14.6. The number of nitrogens with one attached hydrogen (secondary N) is 1. The van der Waals surface area contributed by atoms with Crippen molar-refractivity contribution in [3.63, 3.8) is 0 Å². The summed E-state index contributed by atoms with van der Waals surface area (Å²) in [6.45, 7) is 4.85. The van der Waals surface area contributed by atoms with Gasteiger partial charge in [-0.15, -0.1) is 11.8 Å². The summed E-state index contributed by atoms with van der Waals surface area (Å²) in [5.74, 6) is 0.458. The SMILES string of the molecule is CCNC(C)c1cccnc1SCC(O)CO. The molecule has 96 valence electrons. The monoisotopic (exact) mass is 256 g/mol. The number of nitrogens with zero attached hydrogens (tertiary/aromatic N) is 1. The van der Waals surface area contributed by atoms with Gasteiger partial charge in [-0.2, -0.15) is 0 Å². The van der Waals surface area contributed by atoms with E-state index in [1.54, 1.807) is 6.20 Å². The third-order valence-electron chi connectivity index (χ3n) is 2.40. The second kappa shape index (κ2) is 7.66. The van der Waals surface area contributed by atoms with Gasteiger partial charge < -0.3 is 15.5 Å². The van der Waals surface area contributed by atoms with Crippen LogP contribution in [0.3, 0.4) is 0 Å². The van der Waals surface area contributed by atoms with Crippen molar-refractivity contribution in [1.29, 1.82) is 0 Å².